The molecular weight excluding hydrogens is 395 g/mol. The van der Waals surface area contributed by atoms with E-state index in [0.717, 1.165) is 32.5 Å². The molecule has 152 valence electrons. The molecule has 0 saturated carbocycles. The van der Waals surface area contributed by atoms with Gasteiger partial charge in [-0.3, -0.25) is 4.90 Å². The topological polar surface area (TPSA) is 49.4 Å². The molecular formula is C21H27FN2O2S2. The Morgan fingerprint density at radius 2 is 1.89 bits per heavy atom. The fraction of sp³-hybridized carbons (Fsp3) is 0.429. The molecule has 0 bridgehead atoms. The number of benzene rings is 2. The highest BCUT2D eigenvalue weighted by Gasteiger charge is 2.22. The van der Waals surface area contributed by atoms with Crippen LogP contribution in [0.25, 0.3) is 0 Å². The van der Waals surface area contributed by atoms with Gasteiger partial charge in [-0.2, -0.15) is 0 Å². The van der Waals surface area contributed by atoms with Crippen molar-refractivity contribution < 1.29 is 12.8 Å². The predicted molar refractivity (Wildman–Crippen MR) is 113 cm³/mol. The molecule has 28 heavy (non-hydrogen) atoms. The number of nitrogens with one attached hydrogen (secondary N) is 1. The fourth-order valence-electron chi connectivity index (χ4n) is 3.57. The van der Waals surface area contributed by atoms with E-state index in [1.165, 1.54) is 28.7 Å². The largest absolute Gasteiger partial charge is 0.299 e. The van der Waals surface area contributed by atoms with Gasteiger partial charge >= 0.3 is 0 Å². The summed E-state index contributed by atoms with van der Waals surface area (Å²) in [7, 11) is -3.45. The number of hydrogen-bond acceptors (Lipinski definition) is 4. The summed E-state index contributed by atoms with van der Waals surface area (Å²) in [5.74, 6) is -0.257. The van der Waals surface area contributed by atoms with Crippen molar-refractivity contribution in [3.8, 4) is 0 Å². The van der Waals surface area contributed by atoms with Gasteiger partial charge in [-0.15, -0.1) is 11.8 Å². The Bertz CT molecular complexity index is 881. The first-order chi connectivity index (χ1) is 13.4. The lowest BCUT2D eigenvalue weighted by Crippen LogP contribution is -2.38. The maximum absolute atomic E-state index is 13.2. The Morgan fingerprint density at radius 3 is 2.61 bits per heavy atom. The van der Waals surface area contributed by atoms with Gasteiger partial charge in [0, 0.05) is 18.0 Å². The fourth-order valence-corrected chi connectivity index (χ4v) is 5.38. The van der Waals surface area contributed by atoms with E-state index in [4.69, 9.17) is 0 Å². The molecule has 1 aliphatic heterocycles. The van der Waals surface area contributed by atoms with Crippen molar-refractivity contribution >= 4 is 21.8 Å². The van der Waals surface area contributed by atoms with Crippen LogP contribution >= 0.6 is 11.8 Å². The van der Waals surface area contributed by atoms with Gasteiger partial charge in [-0.25, -0.2) is 17.5 Å². The van der Waals surface area contributed by atoms with Crippen LogP contribution in [0.2, 0.25) is 0 Å². The summed E-state index contributed by atoms with van der Waals surface area (Å²) >= 11 is 1.77. The van der Waals surface area contributed by atoms with Gasteiger partial charge in [0.25, 0.3) is 0 Å². The van der Waals surface area contributed by atoms with Crippen LogP contribution in [0.4, 0.5) is 4.39 Å². The zero-order valence-corrected chi connectivity index (χ0v) is 17.7. The normalized spacial score (nSPS) is 16.4. The molecule has 4 nitrogen and oxygen atoms in total. The highest BCUT2D eigenvalue weighted by atomic mass is 32.2. The molecule has 1 N–H and O–H groups in total. The molecule has 0 unspecified atom stereocenters. The van der Waals surface area contributed by atoms with E-state index in [2.05, 4.69) is 40.1 Å². The molecule has 0 aliphatic carbocycles. The van der Waals surface area contributed by atoms with E-state index in [0.29, 0.717) is 18.0 Å². The van der Waals surface area contributed by atoms with Gasteiger partial charge < -0.3 is 0 Å². The van der Waals surface area contributed by atoms with E-state index in [9.17, 15) is 12.8 Å². The summed E-state index contributed by atoms with van der Waals surface area (Å²) in [6.07, 6.45) is 4.05. The van der Waals surface area contributed by atoms with Crippen LogP contribution in [-0.2, 0) is 22.3 Å². The quantitative estimate of drug-likeness (QED) is 0.656. The second kappa shape index (κ2) is 9.87. The van der Waals surface area contributed by atoms with Crippen LogP contribution in [-0.4, -0.2) is 39.2 Å². The average Bonchev–Trinajstić information content (AvgIpc) is 2.68. The van der Waals surface area contributed by atoms with Gasteiger partial charge in [0.1, 0.15) is 5.82 Å². The zero-order chi connectivity index (χ0) is 20.0. The number of halogens is 1. The van der Waals surface area contributed by atoms with E-state index in [1.807, 2.05) is 0 Å². The monoisotopic (exact) mass is 422 g/mol. The van der Waals surface area contributed by atoms with Gasteiger partial charge in [0.05, 0.1) is 5.75 Å². The van der Waals surface area contributed by atoms with Crippen LogP contribution in [0.5, 0.6) is 0 Å². The SMILES string of the molecule is CSc1ccccc1CN1CCC(CNS(=O)(=O)Cc2cccc(F)c2)CC1. The minimum Gasteiger partial charge on any atom is -0.299 e. The van der Waals surface area contributed by atoms with Crippen molar-refractivity contribution in [2.24, 2.45) is 5.92 Å². The molecule has 0 amide bonds. The average molecular weight is 423 g/mol. The number of likely N-dealkylation sites (tertiary alicyclic amines) is 1. The summed E-state index contributed by atoms with van der Waals surface area (Å²) in [5.41, 5.74) is 1.82. The van der Waals surface area contributed by atoms with Crippen molar-refractivity contribution in [3.63, 3.8) is 0 Å². The first-order valence-electron chi connectivity index (χ1n) is 9.51. The number of hydrogen-bond donors (Lipinski definition) is 1. The lowest BCUT2D eigenvalue weighted by Gasteiger charge is -2.32. The Labute approximate surface area is 171 Å². The Morgan fingerprint density at radius 1 is 1.14 bits per heavy atom. The van der Waals surface area contributed by atoms with Crippen molar-refractivity contribution in [3.05, 3.63) is 65.5 Å². The summed E-state index contributed by atoms with van der Waals surface area (Å²) in [5, 5.41) is 0. The third-order valence-corrected chi connectivity index (χ3v) is 7.29. The maximum atomic E-state index is 13.2. The molecule has 2 aromatic rings. The van der Waals surface area contributed by atoms with Crippen molar-refractivity contribution in [1.82, 2.24) is 9.62 Å². The molecule has 0 spiro atoms. The van der Waals surface area contributed by atoms with E-state index >= 15 is 0 Å². The van der Waals surface area contributed by atoms with Crippen LogP contribution in [0.15, 0.2) is 53.4 Å². The van der Waals surface area contributed by atoms with Gasteiger partial charge in [0.2, 0.25) is 10.0 Å². The molecule has 1 aliphatic rings. The number of rotatable bonds is 8. The third-order valence-electron chi connectivity index (χ3n) is 5.13. The van der Waals surface area contributed by atoms with Crippen molar-refractivity contribution in [1.29, 1.82) is 0 Å². The van der Waals surface area contributed by atoms with Gasteiger partial charge in [0.15, 0.2) is 0 Å². The predicted octanol–water partition coefficient (Wildman–Crippen LogP) is 3.88. The minimum atomic E-state index is -3.45. The zero-order valence-electron chi connectivity index (χ0n) is 16.1. The molecule has 7 heteroatoms. The number of thioether (sulfide) groups is 1. The van der Waals surface area contributed by atoms with E-state index in [1.54, 1.807) is 17.8 Å². The molecule has 1 heterocycles. The van der Waals surface area contributed by atoms with Crippen LogP contribution in [0, 0.1) is 11.7 Å². The van der Waals surface area contributed by atoms with Crippen LogP contribution in [0.1, 0.15) is 24.0 Å². The number of nitrogens with zero attached hydrogens (tertiary/aromatic N) is 1. The van der Waals surface area contributed by atoms with E-state index in [-0.39, 0.29) is 5.75 Å². The Balaban J connectivity index is 1.45. The molecule has 0 atom stereocenters. The molecule has 1 fully saturated rings. The maximum Gasteiger partial charge on any atom is 0.215 e. The van der Waals surface area contributed by atoms with E-state index < -0.39 is 15.8 Å². The smallest absolute Gasteiger partial charge is 0.215 e. The standard InChI is InChI=1S/C21H27FN2O2S2/c1-27-21-8-3-2-6-19(21)15-24-11-9-17(10-12-24)14-23-28(25,26)16-18-5-4-7-20(22)13-18/h2-8,13,17,23H,9-12,14-16H2,1H3. The summed E-state index contributed by atoms with van der Waals surface area (Å²) in [4.78, 5) is 3.75. The summed E-state index contributed by atoms with van der Waals surface area (Å²) < 4.78 is 40.5. The lowest BCUT2D eigenvalue weighted by molar-refractivity contribution is 0.177. The highest BCUT2D eigenvalue weighted by molar-refractivity contribution is 7.98. The number of piperidine rings is 1. The molecule has 3 rings (SSSR count). The van der Waals surface area contributed by atoms with Crippen LogP contribution in [0.3, 0.4) is 0 Å². The van der Waals surface area contributed by atoms with Gasteiger partial charge in [-0.05, 0) is 67.4 Å². The Hall–Kier alpha value is -1.41. The first-order valence-corrected chi connectivity index (χ1v) is 12.4. The molecule has 2 aromatic carbocycles. The second-order valence-electron chi connectivity index (χ2n) is 7.27. The van der Waals surface area contributed by atoms with Crippen LogP contribution < -0.4 is 4.72 Å². The second-order valence-corrected chi connectivity index (χ2v) is 9.92. The van der Waals surface area contributed by atoms with Crippen molar-refractivity contribution in [2.45, 2.75) is 30.0 Å². The minimum absolute atomic E-state index is 0.185. The molecule has 1 saturated heterocycles. The molecule has 0 radical (unpaired) electrons. The Kier molecular flexibility index (Phi) is 7.51. The summed E-state index contributed by atoms with van der Waals surface area (Å²) in [6, 6.07) is 14.2. The molecule has 0 aromatic heterocycles. The first kappa shape index (κ1) is 21.3. The van der Waals surface area contributed by atoms with Crippen molar-refractivity contribution in [2.75, 3.05) is 25.9 Å². The van der Waals surface area contributed by atoms with Gasteiger partial charge in [-0.1, -0.05) is 30.3 Å². The lowest BCUT2D eigenvalue weighted by atomic mass is 9.97. The third kappa shape index (κ3) is 6.30. The summed E-state index contributed by atoms with van der Waals surface area (Å²) in [6.45, 7) is 3.33. The number of sulfonamides is 1. The highest BCUT2D eigenvalue weighted by Crippen LogP contribution is 2.24.